The van der Waals surface area contributed by atoms with Crippen LogP contribution in [0, 0.1) is 17.8 Å². The highest BCUT2D eigenvalue weighted by atomic mass is 16.3. The molecule has 148 valence electrons. The van der Waals surface area contributed by atoms with Gasteiger partial charge in [0, 0.05) is 38.0 Å². The molecule has 6 heteroatoms. The molecule has 5 N–H and O–H groups in total. The average Bonchev–Trinajstić information content (AvgIpc) is 2.69. The van der Waals surface area contributed by atoms with E-state index in [2.05, 4.69) is 22.5 Å². The number of carbonyl (C=O) groups is 1. The van der Waals surface area contributed by atoms with Crippen molar-refractivity contribution in [2.24, 2.45) is 17.8 Å². The molecule has 5 rings (SSSR count). The summed E-state index contributed by atoms with van der Waals surface area (Å²) in [6.45, 7) is 3.88. The van der Waals surface area contributed by atoms with E-state index in [1.54, 1.807) is 6.07 Å². The number of hydrogen-bond donors (Lipinski definition) is 4. The molecule has 1 amide bonds. The van der Waals surface area contributed by atoms with Crippen molar-refractivity contribution in [2.45, 2.75) is 51.2 Å². The molecule has 0 unspecified atom stereocenters. The largest absolute Gasteiger partial charge is 0.397 e. The van der Waals surface area contributed by atoms with Gasteiger partial charge in [-0.3, -0.25) is 4.79 Å². The number of aliphatic hydroxyl groups excluding tert-OH is 1. The number of nitrogens with one attached hydrogen (secondary N) is 2. The highest BCUT2D eigenvalue weighted by Crippen LogP contribution is 2.43. The third-order valence-electron chi connectivity index (χ3n) is 6.85. The van der Waals surface area contributed by atoms with Gasteiger partial charge in [-0.1, -0.05) is 6.92 Å². The van der Waals surface area contributed by atoms with Gasteiger partial charge in [0.05, 0.1) is 28.7 Å². The molecule has 2 aliphatic carbocycles. The van der Waals surface area contributed by atoms with Gasteiger partial charge in [-0.25, -0.2) is 0 Å². The van der Waals surface area contributed by atoms with Crippen LogP contribution in [0.4, 0.5) is 17.1 Å². The Morgan fingerprint density at radius 3 is 2.44 bits per heavy atom. The topological polar surface area (TPSA) is 90.6 Å². The Bertz CT molecular complexity index is 702. The molecule has 2 bridgehead atoms. The number of carbonyl (C=O) groups excluding carboxylic acids is 1. The van der Waals surface area contributed by atoms with Crippen molar-refractivity contribution in [3.8, 4) is 0 Å². The number of aliphatic hydroxyl groups is 1. The molecule has 0 aromatic heterocycles. The molecule has 1 aromatic carbocycles. The lowest BCUT2D eigenvalue weighted by Gasteiger charge is -2.52. The minimum Gasteiger partial charge on any atom is -0.397 e. The zero-order chi connectivity index (χ0) is 19.1. The molecule has 3 atom stereocenters. The van der Waals surface area contributed by atoms with Crippen molar-refractivity contribution in [1.82, 2.24) is 5.32 Å². The maximum Gasteiger partial charge on any atom is 0.253 e. The third kappa shape index (κ3) is 3.47. The van der Waals surface area contributed by atoms with Crippen LogP contribution in [0.2, 0.25) is 0 Å². The van der Waals surface area contributed by atoms with Crippen LogP contribution in [0.5, 0.6) is 0 Å². The first-order valence-corrected chi connectivity index (χ1v) is 10.3. The van der Waals surface area contributed by atoms with Crippen LogP contribution in [0.1, 0.15) is 49.4 Å². The van der Waals surface area contributed by atoms with E-state index in [1.165, 1.54) is 12.8 Å². The molecule has 27 heavy (non-hydrogen) atoms. The molecule has 4 fully saturated rings. The first kappa shape index (κ1) is 18.4. The second kappa shape index (κ2) is 7.23. The van der Waals surface area contributed by atoms with Gasteiger partial charge in [0.2, 0.25) is 0 Å². The molecule has 4 aliphatic rings. The highest BCUT2D eigenvalue weighted by Gasteiger charge is 2.46. The van der Waals surface area contributed by atoms with E-state index in [9.17, 15) is 9.90 Å². The minimum absolute atomic E-state index is 0.0290. The van der Waals surface area contributed by atoms with Crippen LogP contribution in [-0.2, 0) is 0 Å². The van der Waals surface area contributed by atoms with Crippen molar-refractivity contribution < 1.29 is 9.90 Å². The maximum absolute atomic E-state index is 13.1. The van der Waals surface area contributed by atoms with E-state index in [0.29, 0.717) is 23.1 Å². The number of hydrogen-bond acceptors (Lipinski definition) is 5. The molecule has 2 saturated carbocycles. The highest BCUT2D eigenvalue weighted by molar-refractivity contribution is 6.02. The van der Waals surface area contributed by atoms with Gasteiger partial charge in [-0.2, -0.15) is 0 Å². The Morgan fingerprint density at radius 2 is 1.85 bits per heavy atom. The zero-order valence-corrected chi connectivity index (χ0v) is 16.4. The Hall–Kier alpha value is -1.95. The molecule has 6 nitrogen and oxygen atoms in total. The van der Waals surface area contributed by atoms with Crippen molar-refractivity contribution in [1.29, 1.82) is 0 Å². The van der Waals surface area contributed by atoms with Crippen molar-refractivity contribution in [3.05, 3.63) is 17.7 Å². The minimum atomic E-state index is -0.180. The lowest BCUT2D eigenvalue weighted by atomic mass is 9.68. The number of piperidine rings is 2. The van der Waals surface area contributed by atoms with E-state index in [-0.39, 0.29) is 18.1 Å². The fourth-order valence-corrected chi connectivity index (χ4v) is 4.99. The summed E-state index contributed by atoms with van der Waals surface area (Å²) in [5.41, 5.74) is 9.19. The Balaban J connectivity index is 1.57. The summed E-state index contributed by atoms with van der Waals surface area (Å²) < 4.78 is 0. The quantitative estimate of drug-likeness (QED) is 0.610. The normalized spacial score (nSPS) is 32.6. The number of fused-ring (bicyclic) bond motifs is 2. The lowest BCUT2D eigenvalue weighted by Crippen LogP contribution is -2.58. The monoisotopic (exact) mass is 372 g/mol. The smallest absolute Gasteiger partial charge is 0.253 e. The van der Waals surface area contributed by atoms with Gasteiger partial charge in [0.1, 0.15) is 0 Å². The summed E-state index contributed by atoms with van der Waals surface area (Å²) in [5, 5.41) is 16.5. The van der Waals surface area contributed by atoms with E-state index in [1.807, 2.05) is 13.1 Å². The third-order valence-corrected chi connectivity index (χ3v) is 6.85. The van der Waals surface area contributed by atoms with Crippen molar-refractivity contribution in [3.63, 3.8) is 0 Å². The predicted octanol–water partition coefficient (Wildman–Crippen LogP) is 2.44. The van der Waals surface area contributed by atoms with Gasteiger partial charge in [0.15, 0.2) is 0 Å². The van der Waals surface area contributed by atoms with Crippen LogP contribution in [0.25, 0.3) is 0 Å². The van der Waals surface area contributed by atoms with E-state index in [4.69, 9.17) is 5.73 Å². The molecule has 1 aromatic rings. The van der Waals surface area contributed by atoms with E-state index < -0.39 is 0 Å². The zero-order valence-electron chi connectivity index (χ0n) is 16.4. The molecule has 0 radical (unpaired) electrons. The molecule has 2 aliphatic heterocycles. The summed E-state index contributed by atoms with van der Waals surface area (Å²) in [4.78, 5) is 15.4. The summed E-state index contributed by atoms with van der Waals surface area (Å²) in [7, 11) is 1.84. The number of nitrogens with zero attached hydrogens (tertiary/aromatic N) is 1. The first-order chi connectivity index (χ1) is 13.0. The standard InChI is InChI=1S/C21H32N4O2/c1-12-3-5-15(6-4-12)24-21(27)16-8-17(22)18(23-2)9-19(16)25-10-13-7-14(11-25)20(13)26/h8-9,12-15,20,23,26H,3-7,10-11,22H2,1-2H3,(H,24,27)/t12-,13-,14+,15-,20+. The van der Waals surface area contributed by atoms with Gasteiger partial charge < -0.3 is 26.4 Å². The van der Waals surface area contributed by atoms with Crippen LogP contribution in [0.3, 0.4) is 0 Å². The van der Waals surface area contributed by atoms with Crippen molar-refractivity contribution >= 4 is 23.0 Å². The fourth-order valence-electron chi connectivity index (χ4n) is 4.99. The Labute approximate surface area is 161 Å². The summed E-state index contributed by atoms with van der Waals surface area (Å²) >= 11 is 0. The average molecular weight is 373 g/mol. The number of rotatable bonds is 4. The molecular weight excluding hydrogens is 340 g/mol. The number of benzene rings is 1. The number of nitrogens with two attached hydrogens (primary N) is 1. The molecule has 2 heterocycles. The van der Waals surface area contributed by atoms with Crippen LogP contribution >= 0.6 is 0 Å². The van der Waals surface area contributed by atoms with E-state index in [0.717, 1.165) is 49.6 Å². The first-order valence-electron chi connectivity index (χ1n) is 10.3. The predicted molar refractivity (Wildman–Crippen MR) is 109 cm³/mol. The van der Waals surface area contributed by atoms with Gasteiger partial charge >= 0.3 is 0 Å². The van der Waals surface area contributed by atoms with Crippen LogP contribution in [0.15, 0.2) is 12.1 Å². The number of amides is 1. The molecular formula is C21H32N4O2. The number of anilines is 3. The summed E-state index contributed by atoms with van der Waals surface area (Å²) in [6, 6.07) is 4.05. The fraction of sp³-hybridized carbons (Fsp3) is 0.667. The lowest BCUT2D eigenvalue weighted by molar-refractivity contribution is -0.0531. The summed E-state index contributed by atoms with van der Waals surface area (Å²) in [5.74, 6) is 1.36. The Morgan fingerprint density at radius 1 is 1.19 bits per heavy atom. The second-order valence-corrected chi connectivity index (χ2v) is 8.79. The van der Waals surface area contributed by atoms with Crippen molar-refractivity contribution in [2.75, 3.05) is 36.1 Å². The molecule has 2 saturated heterocycles. The number of nitrogen functional groups attached to an aromatic ring is 1. The summed E-state index contributed by atoms with van der Waals surface area (Å²) in [6.07, 6.45) is 5.35. The maximum atomic E-state index is 13.1. The van der Waals surface area contributed by atoms with Crippen LogP contribution < -0.4 is 21.3 Å². The second-order valence-electron chi connectivity index (χ2n) is 8.79. The SMILES string of the molecule is CNc1cc(N2C[C@H]3C[C@@H](C2)[C@H]3O)c(C(=O)N[C@H]2CC[C@H](C)CC2)cc1N. The van der Waals surface area contributed by atoms with Gasteiger partial charge in [-0.05, 0) is 50.2 Å². The van der Waals surface area contributed by atoms with Gasteiger partial charge in [0.25, 0.3) is 5.91 Å². The van der Waals surface area contributed by atoms with Gasteiger partial charge in [-0.15, -0.1) is 0 Å². The van der Waals surface area contributed by atoms with Crippen LogP contribution in [-0.4, -0.2) is 43.3 Å². The Kier molecular flexibility index (Phi) is 4.93. The van der Waals surface area contributed by atoms with E-state index >= 15 is 0 Å². The molecule has 0 spiro atoms.